The number of rotatable bonds is 5. The van der Waals surface area contributed by atoms with E-state index in [1.165, 1.54) is 0 Å². The van der Waals surface area contributed by atoms with Crippen LogP contribution in [0, 0.1) is 6.92 Å². The number of carbonyl (C=O) groups is 1. The number of methoxy groups -OCH3 is 1. The molecule has 4 aromatic rings. The third-order valence-electron chi connectivity index (χ3n) is 4.89. The Morgan fingerprint density at radius 1 is 0.963 bits per heavy atom. The first-order valence-corrected chi connectivity index (χ1v) is 8.94. The molecule has 0 atom stereocenters. The van der Waals surface area contributed by atoms with Crippen LogP contribution in [0.25, 0.3) is 21.7 Å². The molecule has 0 aliphatic heterocycles. The number of aryl methyl sites for hydroxylation is 1. The molecule has 0 aliphatic carbocycles. The second kappa shape index (κ2) is 7.25. The van der Waals surface area contributed by atoms with E-state index in [4.69, 9.17) is 9.15 Å². The molecule has 0 radical (unpaired) electrons. The van der Waals surface area contributed by atoms with E-state index in [-0.39, 0.29) is 5.91 Å². The van der Waals surface area contributed by atoms with Crippen molar-refractivity contribution < 1.29 is 13.9 Å². The van der Waals surface area contributed by atoms with Crippen molar-refractivity contribution in [2.75, 3.05) is 7.11 Å². The fourth-order valence-corrected chi connectivity index (χ4v) is 3.45. The lowest BCUT2D eigenvalue weighted by atomic mass is 10.1. The first-order valence-electron chi connectivity index (χ1n) is 8.94. The lowest BCUT2D eigenvalue weighted by Crippen LogP contribution is -2.23. The van der Waals surface area contributed by atoms with Crippen LogP contribution in [-0.4, -0.2) is 13.0 Å². The van der Waals surface area contributed by atoms with Gasteiger partial charge >= 0.3 is 0 Å². The van der Waals surface area contributed by atoms with Crippen molar-refractivity contribution in [2.45, 2.75) is 20.1 Å². The molecule has 0 saturated carbocycles. The van der Waals surface area contributed by atoms with E-state index in [9.17, 15) is 4.79 Å². The van der Waals surface area contributed by atoms with Crippen molar-refractivity contribution in [1.29, 1.82) is 0 Å². The van der Waals surface area contributed by atoms with Gasteiger partial charge in [0.15, 0.2) is 5.76 Å². The Labute approximate surface area is 157 Å². The zero-order chi connectivity index (χ0) is 18.8. The zero-order valence-corrected chi connectivity index (χ0v) is 15.4. The molecule has 27 heavy (non-hydrogen) atoms. The molecule has 0 aliphatic rings. The lowest BCUT2D eigenvalue weighted by Gasteiger charge is -2.09. The summed E-state index contributed by atoms with van der Waals surface area (Å²) in [6.45, 7) is 2.87. The molecule has 1 aromatic heterocycles. The molecule has 4 rings (SSSR count). The van der Waals surface area contributed by atoms with Gasteiger partial charge in [-0.25, -0.2) is 0 Å². The molecule has 4 nitrogen and oxygen atoms in total. The Morgan fingerprint density at radius 3 is 2.52 bits per heavy atom. The van der Waals surface area contributed by atoms with Crippen molar-refractivity contribution in [1.82, 2.24) is 5.32 Å². The minimum Gasteiger partial charge on any atom is -0.450 e. The molecule has 0 spiro atoms. The van der Waals surface area contributed by atoms with Crippen LogP contribution in [0.5, 0.6) is 0 Å². The topological polar surface area (TPSA) is 51.5 Å². The quantitative estimate of drug-likeness (QED) is 0.547. The van der Waals surface area contributed by atoms with Gasteiger partial charge < -0.3 is 14.5 Å². The molecule has 4 heteroatoms. The summed E-state index contributed by atoms with van der Waals surface area (Å²) in [5.74, 6) is 0.158. The van der Waals surface area contributed by atoms with Gasteiger partial charge in [-0.05, 0) is 23.4 Å². The van der Waals surface area contributed by atoms with Gasteiger partial charge in [0.1, 0.15) is 5.58 Å². The Balaban J connectivity index is 1.63. The van der Waals surface area contributed by atoms with Gasteiger partial charge in [-0.3, -0.25) is 4.79 Å². The van der Waals surface area contributed by atoms with Gasteiger partial charge in [0.2, 0.25) is 0 Å². The highest BCUT2D eigenvalue weighted by molar-refractivity contribution is 6.08. The fourth-order valence-electron chi connectivity index (χ4n) is 3.45. The maximum absolute atomic E-state index is 12.8. The number of carbonyl (C=O) groups excluding carboxylic acids is 1. The number of furan rings is 1. The number of fused-ring (bicyclic) bond motifs is 3. The van der Waals surface area contributed by atoms with Crippen molar-refractivity contribution in [2.24, 2.45) is 0 Å². The number of hydrogen-bond donors (Lipinski definition) is 1. The minimum absolute atomic E-state index is 0.208. The van der Waals surface area contributed by atoms with Crippen LogP contribution < -0.4 is 5.32 Å². The van der Waals surface area contributed by atoms with E-state index >= 15 is 0 Å². The summed E-state index contributed by atoms with van der Waals surface area (Å²) in [5.41, 5.74) is 3.72. The van der Waals surface area contributed by atoms with Crippen LogP contribution in [0.3, 0.4) is 0 Å². The normalized spacial score (nSPS) is 11.2. The van der Waals surface area contributed by atoms with Gasteiger partial charge in [-0.15, -0.1) is 0 Å². The summed E-state index contributed by atoms with van der Waals surface area (Å²) in [4.78, 5) is 12.8. The highest BCUT2D eigenvalue weighted by Gasteiger charge is 2.19. The molecule has 0 fully saturated rings. The molecule has 0 unspecified atom stereocenters. The molecular formula is C23H21NO3. The van der Waals surface area contributed by atoms with E-state index in [0.717, 1.165) is 38.4 Å². The summed E-state index contributed by atoms with van der Waals surface area (Å²) in [7, 11) is 1.66. The monoisotopic (exact) mass is 359 g/mol. The third-order valence-corrected chi connectivity index (χ3v) is 4.89. The molecular weight excluding hydrogens is 338 g/mol. The predicted molar refractivity (Wildman–Crippen MR) is 107 cm³/mol. The highest BCUT2D eigenvalue weighted by atomic mass is 16.5. The maximum Gasteiger partial charge on any atom is 0.287 e. The summed E-state index contributed by atoms with van der Waals surface area (Å²) < 4.78 is 11.2. The average molecular weight is 359 g/mol. The van der Waals surface area contributed by atoms with Crippen LogP contribution >= 0.6 is 0 Å². The smallest absolute Gasteiger partial charge is 0.287 e. The molecule has 0 saturated heterocycles. The first-order chi connectivity index (χ1) is 13.2. The van der Waals surface area contributed by atoms with E-state index in [1.807, 2.05) is 61.5 Å². The van der Waals surface area contributed by atoms with E-state index in [0.29, 0.717) is 18.9 Å². The van der Waals surface area contributed by atoms with Crippen molar-refractivity contribution in [3.8, 4) is 0 Å². The van der Waals surface area contributed by atoms with E-state index in [1.54, 1.807) is 7.11 Å². The SMILES string of the molecule is COCc1ccccc1CNC(=O)c1oc2c(ccc3ccccc32)c1C. The number of hydrogen-bond acceptors (Lipinski definition) is 3. The van der Waals surface area contributed by atoms with Crippen LogP contribution in [0.4, 0.5) is 0 Å². The summed E-state index contributed by atoms with van der Waals surface area (Å²) in [6.07, 6.45) is 0. The lowest BCUT2D eigenvalue weighted by molar-refractivity contribution is 0.0924. The highest BCUT2D eigenvalue weighted by Crippen LogP contribution is 2.31. The second-order valence-electron chi connectivity index (χ2n) is 6.60. The predicted octanol–water partition coefficient (Wildman–Crippen LogP) is 4.97. The Hall–Kier alpha value is -3.11. The Morgan fingerprint density at radius 2 is 1.70 bits per heavy atom. The number of ether oxygens (including phenoxy) is 1. The van der Waals surface area contributed by atoms with Crippen LogP contribution in [0.2, 0.25) is 0 Å². The Kier molecular flexibility index (Phi) is 4.65. The second-order valence-corrected chi connectivity index (χ2v) is 6.60. The molecule has 3 aromatic carbocycles. The minimum atomic E-state index is -0.208. The van der Waals surface area contributed by atoms with E-state index in [2.05, 4.69) is 11.4 Å². The van der Waals surface area contributed by atoms with Gasteiger partial charge in [-0.1, -0.05) is 60.7 Å². The van der Waals surface area contributed by atoms with Crippen molar-refractivity contribution in [3.63, 3.8) is 0 Å². The van der Waals surface area contributed by atoms with Gasteiger partial charge in [0.25, 0.3) is 5.91 Å². The van der Waals surface area contributed by atoms with Crippen molar-refractivity contribution >= 4 is 27.6 Å². The largest absolute Gasteiger partial charge is 0.450 e. The number of nitrogens with one attached hydrogen (secondary N) is 1. The average Bonchev–Trinajstić information content (AvgIpc) is 3.04. The molecule has 136 valence electrons. The van der Waals surface area contributed by atoms with Gasteiger partial charge in [0.05, 0.1) is 6.61 Å². The number of benzene rings is 3. The van der Waals surface area contributed by atoms with Crippen molar-refractivity contribution in [3.05, 3.63) is 83.1 Å². The number of amides is 1. The van der Waals surface area contributed by atoms with Crippen LogP contribution in [0.1, 0.15) is 27.2 Å². The fraction of sp³-hybridized carbons (Fsp3) is 0.174. The summed E-state index contributed by atoms with van der Waals surface area (Å²) >= 11 is 0. The van der Waals surface area contributed by atoms with Gasteiger partial charge in [0, 0.05) is 30.0 Å². The van der Waals surface area contributed by atoms with E-state index < -0.39 is 0 Å². The maximum atomic E-state index is 12.8. The summed E-state index contributed by atoms with van der Waals surface area (Å²) in [5, 5.41) is 6.06. The summed E-state index contributed by atoms with van der Waals surface area (Å²) in [6, 6.07) is 20.0. The Bertz CT molecular complexity index is 1130. The third kappa shape index (κ3) is 3.20. The van der Waals surface area contributed by atoms with Crippen LogP contribution in [-0.2, 0) is 17.9 Å². The van der Waals surface area contributed by atoms with Crippen LogP contribution in [0.15, 0.2) is 65.1 Å². The molecule has 1 amide bonds. The zero-order valence-electron chi connectivity index (χ0n) is 15.4. The molecule has 1 heterocycles. The van der Waals surface area contributed by atoms with Gasteiger partial charge in [-0.2, -0.15) is 0 Å². The standard InChI is InChI=1S/C23H21NO3/c1-15-19-12-11-16-7-5-6-10-20(16)22(19)27-21(15)23(25)24-13-17-8-3-4-9-18(17)14-26-2/h3-12H,13-14H2,1-2H3,(H,24,25). The molecule has 0 bridgehead atoms. The molecule has 1 N–H and O–H groups in total. The first kappa shape index (κ1) is 17.3.